The van der Waals surface area contributed by atoms with Crippen LogP contribution in [0.25, 0.3) is 0 Å². The molecule has 0 spiro atoms. The van der Waals surface area contributed by atoms with Crippen molar-refractivity contribution < 1.29 is 9.59 Å². The summed E-state index contributed by atoms with van der Waals surface area (Å²) in [5.41, 5.74) is 1.47. The number of unbranched alkanes of at least 4 members (excludes halogenated alkanes) is 1. The van der Waals surface area contributed by atoms with Gasteiger partial charge in [-0.1, -0.05) is 19.4 Å². The first-order chi connectivity index (χ1) is 11.6. The minimum absolute atomic E-state index is 0.0603. The lowest BCUT2D eigenvalue weighted by atomic mass is 10.2. The molecule has 0 aliphatic carbocycles. The van der Waals surface area contributed by atoms with E-state index in [0.717, 1.165) is 18.5 Å². The molecule has 0 atom stereocenters. The van der Waals surface area contributed by atoms with E-state index in [0.29, 0.717) is 23.7 Å². The highest BCUT2D eigenvalue weighted by molar-refractivity contribution is 5.90. The van der Waals surface area contributed by atoms with Crippen LogP contribution in [-0.2, 0) is 9.59 Å². The highest BCUT2D eigenvalue weighted by Crippen LogP contribution is 2.19. The lowest BCUT2D eigenvalue weighted by Crippen LogP contribution is -2.12. The molecule has 0 aliphatic heterocycles. The van der Waals surface area contributed by atoms with E-state index in [1.807, 2.05) is 19.1 Å². The lowest BCUT2D eigenvalue weighted by Gasteiger charge is -2.08. The van der Waals surface area contributed by atoms with Crippen LogP contribution in [0.4, 0.5) is 23.0 Å². The number of carbonyl (C=O) groups excluding carboxylic acids is 2. The largest absolute Gasteiger partial charge is 0.339 e. The van der Waals surface area contributed by atoms with Crippen LogP contribution in [0.15, 0.2) is 36.4 Å². The molecule has 0 radical (unpaired) electrons. The van der Waals surface area contributed by atoms with E-state index in [1.54, 1.807) is 24.3 Å². The molecule has 0 fully saturated rings. The summed E-state index contributed by atoms with van der Waals surface area (Å²) < 4.78 is 0. The van der Waals surface area contributed by atoms with Crippen LogP contribution in [-0.4, -0.2) is 22.0 Å². The van der Waals surface area contributed by atoms with Crippen LogP contribution in [0.5, 0.6) is 0 Å². The Kier molecular flexibility index (Phi) is 6.24. The van der Waals surface area contributed by atoms with Crippen molar-refractivity contribution in [1.82, 2.24) is 10.2 Å². The number of hydrogen-bond acceptors (Lipinski definition) is 5. The van der Waals surface area contributed by atoms with Crippen molar-refractivity contribution in [3.8, 4) is 0 Å². The third kappa shape index (κ3) is 5.68. The van der Waals surface area contributed by atoms with E-state index < -0.39 is 0 Å². The Bertz CT molecular complexity index is 700. The maximum Gasteiger partial charge on any atom is 0.225 e. The number of carbonyl (C=O) groups is 2. The van der Waals surface area contributed by atoms with Gasteiger partial charge >= 0.3 is 0 Å². The van der Waals surface area contributed by atoms with Gasteiger partial charge in [-0.2, -0.15) is 0 Å². The van der Waals surface area contributed by atoms with E-state index >= 15 is 0 Å². The van der Waals surface area contributed by atoms with E-state index in [2.05, 4.69) is 26.1 Å². The van der Waals surface area contributed by atoms with Gasteiger partial charge in [0.15, 0.2) is 11.6 Å². The number of aromatic nitrogens is 2. The van der Waals surface area contributed by atoms with Crippen molar-refractivity contribution in [3.63, 3.8) is 0 Å². The minimum Gasteiger partial charge on any atom is -0.339 e. The summed E-state index contributed by atoms with van der Waals surface area (Å²) in [5, 5.41) is 16.5. The van der Waals surface area contributed by atoms with Crippen molar-refractivity contribution in [3.05, 3.63) is 36.4 Å². The maximum atomic E-state index is 11.6. The average Bonchev–Trinajstić information content (AvgIpc) is 2.54. The number of hydrogen-bond donors (Lipinski definition) is 3. The standard InChI is InChI=1S/C17H21N5O2/c1-3-4-8-17(24)20-16-10-9-15(21-22-16)19-14-7-5-6-13(11-14)18-12(2)23/h5-7,9-11H,3-4,8H2,1-2H3,(H,18,23)(H,19,21)(H,20,22,24). The Morgan fingerprint density at radius 1 is 1.00 bits per heavy atom. The van der Waals surface area contributed by atoms with E-state index in [1.165, 1.54) is 6.92 Å². The summed E-state index contributed by atoms with van der Waals surface area (Å²) >= 11 is 0. The van der Waals surface area contributed by atoms with E-state index in [4.69, 9.17) is 0 Å². The van der Waals surface area contributed by atoms with Gasteiger partial charge in [-0.3, -0.25) is 9.59 Å². The molecule has 2 rings (SSSR count). The van der Waals surface area contributed by atoms with E-state index in [-0.39, 0.29) is 11.8 Å². The van der Waals surface area contributed by atoms with Crippen molar-refractivity contribution >= 4 is 34.8 Å². The van der Waals surface area contributed by atoms with E-state index in [9.17, 15) is 9.59 Å². The highest BCUT2D eigenvalue weighted by atomic mass is 16.2. The number of nitrogens with zero attached hydrogens (tertiary/aromatic N) is 2. The molecule has 0 aliphatic rings. The van der Waals surface area contributed by atoms with Crippen LogP contribution in [0.2, 0.25) is 0 Å². The monoisotopic (exact) mass is 327 g/mol. The fraction of sp³-hybridized carbons (Fsp3) is 0.294. The summed E-state index contributed by atoms with van der Waals surface area (Å²) in [7, 11) is 0. The number of benzene rings is 1. The zero-order valence-corrected chi connectivity index (χ0v) is 13.8. The predicted molar refractivity (Wildman–Crippen MR) is 94.2 cm³/mol. The molecule has 0 unspecified atom stereocenters. The molecule has 24 heavy (non-hydrogen) atoms. The van der Waals surface area contributed by atoms with Crippen LogP contribution < -0.4 is 16.0 Å². The van der Waals surface area contributed by atoms with Crippen LogP contribution in [0.1, 0.15) is 33.1 Å². The fourth-order valence-corrected chi connectivity index (χ4v) is 2.03. The molecule has 2 aromatic rings. The molecule has 0 saturated carbocycles. The fourth-order valence-electron chi connectivity index (χ4n) is 2.03. The normalized spacial score (nSPS) is 10.1. The SMILES string of the molecule is CCCCC(=O)Nc1ccc(Nc2cccc(NC(C)=O)c2)nn1. The quantitative estimate of drug-likeness (QED) is 0.725. The lowest BCUT2D eigenvalue weighted by molar-refractivity contribution is -0.116. The molecule has 1 aromatic carbocycles. The zero-order valence-electron chi connectivity index (χ0n) is 13.8. The Morgan fingerprint density at radius 3 is 2.38 bits per heavy atom. The Morgan fingerprint density at radius 2 is 1.71 bits per heavy atom. The smallest absolute Gasteiger partial charge is 0.225 e. The second-order valence-corrected chi connectivity index (χ2v) is 5.34. The van der Waals surface area contributed by atoms with Crippen molar-refractivity contribution in [1.29, 1.82) is 0 Å². The first kappa shape index (κ1) is 17.4. The number of nitrogens with one attached hydrogen (secondary N) is 3. The third-order valence-electron chi connectivity index (χ3n) is 3.14. The second-order valence-electron chi connectivity index (χ2n) is 5.34. The predicted octanol–water partition coefficient (Wildman–Crippen LogP) is 3.31. The molecule has 7 nitrogen and oxygen atoms in total. The molecule has 1 heterocycles. The molecule has 7 heteroatoms. The molecular formula is C17H21N5O2. The van der Waals surface area contributed by atoms with Gasteiger partial charge < -0.3 is 16.0 Å². The number of amides is 2. The number of rotatable bonds is 7. The first-order valence-electron chi connectivity index (χ1n) is 7.85. The summed E-state index contributed by atoms with van der Waals surface area (Å²) in [6.45, 7) is 3.49. The van der Waals surface area contributed by atoms with Gasteiger partial charge in [0, 0.05) is 24.7 Å². The van der Waals surface area contributed by atoms with Gasteiger partial charge in [0.1, 0.15) is 0 Å². The summed E-state index contributed by atoms with van der Waals surface area (Å²) in [5.74, 6) is 0.778. The zero-order chi connectivity index (χ0) is 17.4. The molecule has 2 amide bonds. The van der Waals surface area contributed by atoms with Gasteiger partial charge in [0.05, 0.1) is 0 Å². The molecule has 126 valence electrons. The first-order valence-corrected chi connectivity index (χ1v) is 7.85. The summed E-state index contributed by atoms with van der Waals surface area (Å²) in [6, 6.07) is 10.7. The third-order valence-corrected chi connectivity index (χ3v) is 3.14. The van der Waals surface area contributed by atoms with Crippen molar-refractivity contribution in [2.75, 3.05) is 16.0 Å². The second kappa shape index (κ2) is 8.61. The van der Waals surface area contributed by atoms with Gasteiger partial charge in [-0.25, -0.2) is 0 Å². The number of anilines is 4. The summed E-state index contributed by atoms with van der Waals surface area (Å²) in [6.07, 6.45) is 2.30. The van der Waals surface area contributed by atoms with Gasteiger partial charge in [-0.05, 0) is 36.8 Å². The Hall–Kier alpha value is -2.96. The van der Waals surface area contributed by atoms with Gasteiger partial charge in [-0.15, -0.1) is 10.2 Å². The van der Waals surface area contributed by atoms with Gasteiger partial charge in [0.25, 0.3) is 0 Å². The topological polar surface area (TPSA) is 96.0 Å². The molecule has 3 N–H and O–H groups in total. The molecule has 0 bridgehead atoms. The molecular weight excluding hydrogens is 306 g/mol. The Balaban J connectivity index is 1.96. The molecule has 0 saturated heterocycles. The average molecular weight is 327 g/mol. The highest BCUT2D eigenvalue weighted by Gasteiger charge is 2.04. The van der Waals surface area contributed by atoms with Crippen LogP contribution in [0.3, 0.4) is 0 Å². The van der Waals surface area contributed by atoms with Gasteiger partial charge in [0.2, 0.25) is 11.8 Å². The minimum atomic E-state index is -0.130. The Labute approximate surface area is 140 Å². The van der Waals surface area contributed by atoms with Crippen LogP contribution >= 0.6 is 0 Å². The maximum absolute atomic E-state index is 11.6. The van der Waals surface area contributed by atoms with Crippen molar-refractivity contribution in [2.45, 2.75) is 33.1 Å². The van der Waals surface area contributed by atoms with Crippen molar-refractivity contribution in [2.24, 2.45) is 0 Å². The molecule has 1 aromatic heterocycles. The summed E-state index contributed by atoms with van der Waals surface area (Å²) in [4.78, 5) is 22.7. The van der Waals surface area contributed by atoms with Crippen LogP contribution in [0, 0.1) is 0 Å².